The normalized spacial score (nSPS) is 15.9. The summed E-state index contributed by atoms with van der Waals surface area (Å²) in [4.78, 5) is 19.6. The van der Waals surface area contributed by atoms with E-state index in [9.17, 15) is 4.79 Å². The number of carbonyl (C=O) groups excluding carboxylic acids is 1. The molecule has 0 radical (unpaired) electrons. The Morgan fingerprint density at radius 1 is 1.10 bits per heavy atom. The zero-order valence-corrected chi connectivity index (χ0v) is 23.1. The number of rotatable bonds is 9. The van der Waals surface area contributed by atoms with E-state index >= 15 is 8.78 Å². The monoisotopic (exact) mass is 581 g/mol. The summed E-state index contributed by atoms with van der Waals surface area (Å²) in [5, 5.41) is 21.3. The van der Waals surface area contributed by atoms with Gasteiger partial charge in [-0.25, -0.2) is 8.78 Å². The molecule has 1 aliphatic heterocycles. The van der Waals surface area contributed by atoms with Gasteiger partial charge in [0.1, 0.15) is 24.7 Å². The van der Waals surface area contributed by atoms with Gasteiger partial charge in [-0.05, 0) is 31.0 Å². The summed E-state index contributed by atoms with van der Waals surface area (Å²) >= 11 is 1.66. The number of halogens is 2. The fourth-order valence-corrected chi connectivity index (χ4v) is 6.25. The molecule has 1 aromatic carbocycles. The van der Waals surface area contributed by atoms with Crippen molar-refractivity contribution >= 4 is 17.7 Å². The van der Waals surface area contributed by atoms with Crippen LogP contribution in [-0.2, 0) is 17.9 Å². The summed E-state index contributed by atoms with van der Waals surface area (Å²) in [6.45, 7) is 2.45. The highest BCUT2D eigenvalue weighted by atomic mass is 32.2. The average molecular weight is 582 g/mol. The summed E-state index contributed by atoms with van der Waals surface area (Å²) in [6.07, 6.45) is 9.31. The fourth-order valence-electron chi connectivity index (χ4n) is 4.98. The number of carbonyl (C=O) groups is 1. The van der Waals surface area contributed by atoms with Gasteiger partial charge in [0.05, 0.1) is 18.1 Å². The van der Waals surface area contributed by atoms with E-state index in [-0.39, 0.29) is 36.1 Å². The molecule has 1 N–H and O–H groups in total. The maximum atomic E-state index is 15.1. The molecule has 14 heteroatoms. The third-order valence-corrected chi connectivity index (χ3v) is 8.40. The van der Waals surface area contributed by atoms with Crippen LogP contribution in [0.4, 0.5) is 8.78 Å². The molecule has 11 nitrogen and oxygen atoms in total. The molecular weight excluding hydrogens is 552 g/mol. The molecule has 1 amide bonds. The predicted octanol–water partition coefficient (Wildman–Crippen LogP) is 3.24. The van der Waals surface area contributed by atoms with E-state index in [0.29, 0.717) is 29.3 Å². The zero-order valence-electron chi connectivity index (χ0n) is 22.2. The highest BCUT2D eigenvalue weighted by Crippen LogP contribution is 2.35. The van der Waals surface area contributed by atoms with Gasteiger partial charge in [0.15, 0.2) is 22.5 Å². The van der Waals surface area contributed by atoms with Gasteiger partial charge in [0, 0.05) is 49.3 Å². The molecule has 2 fully saturated rings. The standard InChI is InChI=1S/C27H29F2N9O2S/c28-21-13-24(22(29)12-20(21)23-15-32-37(35-23)16-26(39)36-10-8-30-9-11-36)40-17-25-33-34-27(41-19-5-1-2-6-19)38(25)18-4-3-7-31-14-18/h3-4,7,12-15,19,30H,1-2,5-6,8-11,16-17H2. The highest BCUT2D eigenvalue weighted by molar-refractivity contribution is 7.99. The van der Waals surface area contributed by atoms with Gasteiger partial charge in [0.25, 0.3) is 0 Å². The first-order chi connectivity index (χ1) is 20.0. The van der Waals surface area contributed by atoms with Crippen LogP contribution in [0.15, 0.2) is 48.0 Å². The van der Waals surface area contributed by atoms with Crippen molar-refractivity contribution in [3.05, 3.63) is 60.3 Å². The minimum atomic E-state index is -0.763. The second-order valence-corrected chi connectivity index (χ2v) is 11.2. The van der Waals surface area contributed by atoms with E-state index in [1.807, 2.05) is 16.7 Å². The summed E-state index contributed by atoms with van der Waals surface area (Å²) in [5.74, 6) is -1.44. The van der Waals surface area contributed by atoms with Gasteiger partial charge in [-0.2, -0.15) is 15.0 Å². The molecule has 1 saturated heterocycles. The molecule has 214 valence electrons. The second kappa shape index (κ2) is 12.3. The van der Waals surface area contributed by atoms with Crippen molar-refractivity contribution in [1.29, 1.82) is 0 Å². The fraction of sp³-hybridized carbons (Fsp3) is 0.407. The lowest BCUT2D eigenvalue weighted by Crippen LogP contribution is -2.47. The van der Waals surface area contributed by atoms with Crippen LogP contribution < -0.4 is 10.1 Å². The molecule has 2 aliphatic rings. The number of hydrogen-bond acceptors (Lipinski definition) is 9. The third-order valence-electron chi connectivity index (χ3n) is 7.12. The summed E-state index contributed by atoms with van der Waals surface area (Å²) in [7, 11) is 0. The van der Waals surface area contributed by atoms with Gasteiger partial charge >= 0.3 is 0 Å². The minimum Gasteiger partial charge on any atom is -0.482 e. The highest BCUT2D eigenvalue weighted by Gasteiger charge is 2.23. The Kier molecular flexibility index (Phi) is 8.19. The Morgan fingerprint density at radius 3 is 2.71 bits per heavy atom. The van der Waals surface area contributed by atoms with E-state index in [1.54, 1.807) is 29.1 Å². The average Bonchev–Trinajstić information content (AvgIpc) is 3.77. The first-order valence-corrected chi connectivity index (χ1v) is 14.5. The summed E-state index contributed by atoms with van der Waals surface area (Å²) < 4.78 is 37.8. The molecule has 0 atom stereocenters. The Morgan fingerprint density at radius 2 is 1.93 bits per heavy atom. The number of benzene rings is 1. The van der Waals surface area contributed by atoms with E-state index in [2.05, 4.69) is 30.7 Å². The number of pyridine rings is 1. The van der Waals surface area contributed by atoms with Crippen molar-refractivity contribution in [2.24, 2.45) is 0 Å². The molecule has 41 heavy (non-hydrogen) atoms. The number of ether oxygens (including phenoxy) is 1. The Labute approximate surface area is 239 Å². The maximum absolute atomic E-state index is 15.1. The van der Waals surface area contributed by atoms with Crippen LogP contribution in [0.3, 0.4) is 0 Å². The van der Waals surface area contributed by atoms with Crippen LogP contribution in [0.2, 0.25) is 0 Å². The molecule has 1 saturated carbocycles. The van der Waals surface area contributed by atoms with E-state index < -0.39 is 11.6 Å². The van der Waals surface area contributed by atoms with Crippen LogP contribution in [0.5, 0.6) is 5.75 Å². The van der Waals surface area contributed by atoms with Crippen molar-refractivity contribution in [3.8, 4) is 22.7 Å². The van der Waals surface area contributed by atoms with Crippen LogP contribution in [0, 0.1) is 11.6 Å². The summed E-state index contributed by atoms with van der Waals surface area (Å²) in [5.41, 5.74) is 0.799. The molecule has 6 rings (SSSR count). The molecule has 1 aliphatic carbocycles. The first-order valence-electron chi connectivity index (χ1n) is 13.6. The van der Waals surface area contributed by atoms with Gasteiger partial charge in [-0.15, -0.1) is 10.2 Å². The van der Waals surface area contributed by atoms with Gasteiger partial charge < -0.3 is 15.0 Å². The van der Waals surface area contributed by atoms with Gasteiger partial charge in [-0.1, -0.05) is 24.6 Å². The van der Waals surface area contributed by atoms with Gasteiger partial charge in [-0.3, -0.25) is 14.3 Å². The SMILES string of the molecule is O=C(Cn1ncc(-c2cc(F)c(OCc3nnc(SC4CCCC4)n3-c3cccnc3)cc2F)n1)N1CCNCC1. The largest absolute Gasteiger partial charge is 0.482 e. The third kappa shape index (κ3) is 6.22. The lowest BCUT2D eigenvalue weighted by Gasteiger charge is -2.27. The van der Waals surface area contributed by atoms with Crippen molar-refractivity contribution in [2.75, 3.05) is 26.2 Å². The Balaban J connectivity index is 1.17. The second-order valence-electron chi connectivity index (χ2n) is 9.91. The maximum Gasteiger partial charge on any atom is 0.246 e. The first kappa shape index (κ1) is 27.3. The lowest BCUT2D eigenvalue weighted by atomic mass is 10.1. The number of thioether (sulfide) groups is 1. The number of piperazine rings is 1. The minimum absolute atomic E-state index is 0.0792. The van der Waals surface area contributed by atoms with E-state index in [1.165, 1.54) is 23.8 Å². The number of nitrogens with zero attached hydrogens (tertiary/aromatic N) is 8. The molecule has 3 aromatic heterocycles. The lowest BCUT2D eigenvalue weighted by molar-refractivity contribution is -0.132. The summed E-state index contributed by atoms with van der Waals surface area (Å²) in [6, 6.07) is 5.70. The van der Waals surface area contributed by atoms with Crippen molar-refractivity contribution in [1.82, 2.24) is 45.0 Å². The Hall–Kier alpha value is -3.91. The molecule has 0 unspecified atom stereocenters. The number of aromatic nitrogens is 7. The number of amides is 1. The van der Waals surface area contributed by atoms with Crippen molar-refractivity contribution in [2.45, 2.75) is 49.2 Å². The molecule has 4 heterocycles. The van der Waals surface area contributed by atoms with Crippen LogP contribution >= 0.6 is 11.8 Å². The van der Waals surface area contributed by atoms with Gasteiger partial charge in [0.2, 0.25) is 5.91 Å². The van der Waals surface area contributed by atoms with E-state index in [4.69, 9.17) is 4.74 Å². The van der Waals surface area contributed by atoms with Crippen LogP contribution in [-0.4, -0.2) is 77.0 Å². The smallest absolute Gasteiger partial charge is 0.246 e. The molecule has 4 aromatic rings. The molecular formula is C27H29F2N9O2S. The number of hydrogen-bond donors (Lipinski definition) is 1. The quantitative estimate of drug-likeness (QED) is 0.318. The molecule has 0 bridgehead atoms. The number of nitrogens with one attached hydrogen (secondary N) is 1. The Bertz CT molecular complexity index is 1500. The zero-order chi connectivity index (χ0) is 28.2. The van der Waals surface area contributed by atoms with Crippen molar-refractivity contribution in [3.63, 3.8) is 0 Å². The van der Waals surface area contributed by atoms with Crippen molar-refractivity contribution < 1.29 is 18.3 Å². The van der Waals surface area contributed by atoms with E-state index in [0.717, 1.165) is 43.8 Å². The predicted molar refractivity (Wildman–Crippen MR) is 146 cm³/mol. The molecule has 0 spiro atoms. The van der Waals surface area contributed by atoms with Crippen LogP contribution in [0.1, 0.15) is 31.5 Å². The topological polar surface area (TPSA) is 116 Å². The van der Waals surface area contributed by atoms with Crippen LogP contribution in [0.25, 0.3) is 16.9 Å².